The summed E-state index contributed by atoms with van der Waals surface area (Å²) in [6, 6.07) is 3.87. The van der Waals surface area contributed by atoms with Crippen LogP contribution in [0.3, 0.4) is 0 Å². The second-order valence-electron chi connectivity index (χ2n) is 6.80. The number of hydrogen-bond donors (Lipinski definition) is 3. The lowest BCUT2D eigenvalue weighted by Crippen LogP contribution is -2.35. The van der Waals surface area contributed by atoms with Crippen LogP contribution in [0.25, 0.3) is 0 Å². The van der Waals surface area contributed by atoms with E-state index in [1.165, 1.54) is 12.3 Å². The molecule has 0 aliphatic rings. The number of aromatic nitrogens is 2. The topological polar surface area (TPSA) is 113 Å². The van der Waals surface area contributed by atoms with Gasteiger partial charge in [0.15, 0.2) is 5.03 Å². The number of nitrogens with zero attached hydrogens (tertiary/aromatic N) is 2. The zero-order chi connectivity index (χ0) is 21.1. The van der Waals surface area contributed by atoms with Gasteiger partial charge in [-0.25, -0.2) is 14.5 Å². The largest absolute Gasteiger partial charge is 0.357 e. The Hall–Kier alpha value is -2.39. The molecule has 0 aliphatic carbocycles. The molecule has 28 heavy (non-hydrogen) atoms. The highest BCUT2D eigenvalue weighted by molar-refractivity contribution is 7.90. The van der Waals surface area contributed by atoms with Crippen molar-refractivity contribution in [2.45, 2.75) is 44.6 Å². The minimum atomic E-state index is -4.17. The van der Waals surface area contributed by atoms with E-state index in [1.54, 1.807) is 19.2 Å². The molecule has 0 unspecified atom stereocenters. The number of benzene rings is 1. The molecule has 0 saturated heterocycles. The van der Waals surface area contributed by atoms with E-state index in [9.17, 15) is 13.2 Å². The molecule has 0 bridgehead atoms. The molecular formula is C18H24ClN5O3S. The van der Waals surface area contributed by atoms with Gasteiger partial charge in [-0.2, -0.15) is 13.4 Å². The van der Waals surface area contributed by atoms with Gasteiger partial charge in [-0.05, 0) is 41.2 Å². The summed E-state index contributed by atoms with van der Waals surface area (Å²) in [6.45, 7) is 7.87. The van der Waals surface area contributed by atoms with Gasteiger partial charge >= 0.3 is 6.03 Å². The normalized spacial score (nSPS) is 11.6. The van der Waals surface area contributed by atoms with Crippen molar-refractivity contribution in [3.8, 4) is 0 Å². The number of urea groups is 1. The number of rotatable bonds is 6. The standard InChI is InChI=1S/C18H24ClN5O3S/c1-10(2)13-8-12(19)9-14(11(3)4)16(13)23-18(25)24-28(26,27)15-6-7-21-17(20-5)22-15/h6-11H,1-5H3,(H,20,21,22)(H2,23,24,25). The van der Waals surface area contributed by atoms with Crippen LogP contribution in [0.1, 0.15) is 50.7 Å². The molecule has 152 valence electrons. The van der Waals surface area contributed by atoms with E-state index in [2.05, 4.69) is 20.6 Å². The maximum Gasteiger partial charge on any atom is 0.333 e. The molecule has 2 amide bonds. The SMILES string of the molecule is CNc1nccc(S(=O)(=O)NC(=O)Nc2c(C(C)C)cc(Cl)cc2C(C)C)n1. The van der Waals surface area contributed by atoms with Crippen molar-refractivity contribution in [3.63, 3.8) is 0 Å². The van der Waals surface area contributed by atoms with Gasteiger partial charge in [-0.1, -0.05) is 39.3 Å². The van der Waals surface area contributed by atoms with Crippen molar-refractivity contribution in [3.05, 3.63) is 40.5 Å². The third kappa shape index (κ3) is 5.11. The fraction of sp³-hybridized carbons (Fsp3) is 0.389. The lowest BCUT2D eigenvalue weighted by atomic mass is 9.92. The number of nitrogens with one attached hydrogen (secondary N) is 3. The molecule has 0 fully saturated rings. The van der Waals surface area contributed by atoms with Gasteiger partial charge < -0.3 is 10.6 Å². The third-order valence-electron chi connectivity index (χ3n) is 4.00. The number of amides is 2. The lowest BCUT2D eigenvalue weighted by Gasteiger charge is -2.21. The maximum absolute atomic E-state index is 12.5. The lowest BCUT2D eigenvalue weighted by molar-refractivity contribution is 0.256. The molecule has 3 N–H and O–H groups in total. The Labute approximate surface area is 170 Å². The van der Waals surface area contributed by atoms with E-state index in [-0.39, 0.29) is 22.8 Å². The smallest absolute Gasteiger partial charge is 0.333 e. The minimum absolute atomic E-state index is 0.0724. The van der Waals surface area contributed by atoms with Crippen LogP contribution < -0.4 is 15.4 Å². The average molecular weight is 426 g/mol. The van der Waals surface area contributed by atoms with E-state index in [0.717, 1.165) is 11.1 Å². The van der Waals surface area contributed by atoms with Crippen molar-refractivity contribution in [1.82, 2.24) is 14.7 Å². The molecule has 0 spiro atoms. The minimum Gasteiger partial charge on any atom is -0.357 e. The molecule has 10 heteroatoms. The van der Waals surface area contributed by atoms with Gasteiger partial charge in [0.25, 0.3) is 10.0 Å². The van der Waals surface area contributed by atoms with E-state index in [0.29, 0.717) is 10.7 Å². The molecule has 1 heterocycles. The molecule has 2 aromatic rings. The van der Waals surface area contributed by atoms with Gasteiger partial charge in [-0.15, -0.1) is 0 Å². The van der Waals surface area contributed by atoms with Crippen molar-refractivity contribution in [1.29, 1.82) is 0 Å². The van der Waals surface area contributed by atoms with Crippen molar-refractivity contribution < 1.29 is 13.2 Å². The van der Waals surface area contributed by atoms with Crippen molar-refractivity contribution in [2.75, 3.05) is 17.7 Å². The van der Waals surface area contributed by atoms with E-state index in [4.69, 9.17) is 11.6 Å². The third-order valence-corrected chi connectivity index (χ3v) is 5.45. The Balaban J connectivity index is 2.34. The highest BCUT2D eigenvalue weighted by Gasteiger charge is 2.23. The first kappa shape index (κ1) is 21.9. The molecule has 1 aromatic heterocycles. The average Bonchev–Trinajstić information content (AvgIpc) is 2.62. The number of carbonyl (C=O) groups excluding carboxylic acids is 1. The van der Waals surface area contributed by atoms with E-state index < -0.39 is 16.1 Å². The quantitative estimate of drug-likeness (QED) is 0.604. The number of sulfonamides is 1. The predicted molar refractivity (Wildman–Crippen MR) is 111 cm³/mol. The molecule has 0 aliphatic heterocycles. The first-order valence-electron chi connectivity index (χ1n) is 8.73. The second kappa shape index (κ2) is 8.74. The first-order chi connectivity index (χ1) is 13.0. The molecule has 1 aromatic carbocycles. The summed E-state index contributed by atoms with van der Waals surface area (Å²) in [7, 11) is -2.60. The summed E-state index contributed by atoms with van der Waals surface area (Å²) < 4.78 is 27.0. The molecule has 0 saturated carbocycles. The van der Waals surface area contributed by atoms with Gasteiger partial charge in [-0.3, -0.25) is 0 Å². The summed E-state index contributed by atoms with van der Waals surface area (Å²) in [5, 5.41) is 5.57. The maximum atomic E-state index is 12.5. The van der Waals surface area contributed by atoms with Gasteiger partial charge in [0.1, 0.15) is 0 Å². The summed E-state index contributed by atoms with van der Waals surface area (Å²) in [5.41, 5.74) is 2.20. The Morgan fingerprint density at radius 1 is 1.11 bits per heavy atom. The van der Waals surface area contributed by atoms with E-state index in [1.807, 2.05) is 32.4 Å². The summed E-state index contributed by atoms with van der Waals surface area (Å²) in [5.74, 6) is 0.275. The number of carbonyl (C=O) groups is 1. The number of anilines is 2. The van der Waals surface area contributed by atoms with Crippen LogP contribution in [0.5, 0.6) is 0 Å². The summed E-state index contributed by atoms with van der Waals surface area (Å²) in [6.07, 6.45) is 1.29. The molecule has 8 nitrogen and oxygen atoms in total. The monoisotopic (exact) mass is 425 g/mol. The Kier molecular flexibility index (Phi) is 6.84. The summed E-state index contributed by atoms with van der Waals surface area (Å²) in [4.78, 5) is 20.2. The van der Waals surface area contributed by atoms with Crippen LogP contribution in [0.4, 0.5) is 16.4 Å². The van der Waals surface area contributed by atoms with E-state index >= 15 is 0 Å². The van der Waals surface area contributed by atoms with Gasteiger partial charge in [0.2, 0.25) is 5.95 Å². The Morgan fingerprint density at radius 3 is 2.18 bits per heavy atom. The molecule has 0 atom stereocenters. The number of hydrogen-bond acceptors (Lipinski definition) is 6. The number of halogens is 1. The summed E-state index contributed by atoms with van der Waals surface area (Å²) >= 11 is 6.22. The van der Waals surface area contributed by atoms with Crippen molar-refractivity contribution in [2.24, 2.45) is 0 Å². The second-order valence-corrected chi connectivity index (χ2v) is 8.86. The zero-order valence-corrected chi connectivity index (χ0v) is 17.9. The van der Waals surface area contributed by atoms with Crippen LogP contribution in [-0.2, 0) is 10.0 Å². The molecular weight excluding hydrogens is 402 g/mol. The van der Waals surface area contributed by atoms with Crippen LogP contribution in [0, 0.1) is 0 Å². The molecule has 2 rings (SSSR count). The fourth-order valence-electron chi connectivity index (χ4n) is 2.63. The fourth-order valence-corrected chi connectivity index (χ4v) is 3.71. The highest BCUT2D eigenvalue weighted by Crippen LogP contribution is 2.35. The van der Waals surface area contributed by atoms with Crippen LogP contribution in [-0.4, -0.2) is 31.5 Å². The van der Waals surface area contributed by atoms with Crippen molar-refractivity contribution >= 4 is 39.3 Å². The van der Waals surface area contributed by atoms with Crippen LogP contribution in [0.15, 0.2) is 29.4 Å². The zero-order valence-electron chi connectivity index (χ0n) is 16.4. The molecule has 0 radical (unpaired) electrons. The Morgan fingerprint density at radius 2 is 1.68 bits per heavy atom. The van der Waals surface area contributed by atoms with Crippen LogP contribution >= 0.6 is 11.6 Å². The van der Waals surface area contributed by atoms with Crippen LogP contribution in [0.2, 0.25) is 5.02 Å². The van der Waals surface area contributed by atoms with Gasteiger partial charge in [0, 0.05) is 24.0 Å². The van der Waals surface area contributed by atoms with Gasteiger partial charge in [0.05, 0.1) is 0 Å². The first-order valence-corrected chi connectivity index (χ1v) is 10.6. The Bertz CT molecular complexity index is 948. The highest BCUT2D eigenvalue weighted by atomic mass is 35.5. The predicted octanol–water partition coefficient (Wildman–Crippen LogP) is 3.93.